The maximum Gasteiger partial charge on any atom is 0.346 e. The Bertz CT molecular complexity index is 518. The second kappa shape index (κ2) is 5.11. The van der Waals surface area contributed by atoms with Crippen LogP contribution < -0.4 is 5.32 Å². The van der Waals surface area contributed by atoms with Crippen LogP contribution >= 0.6 is 11.3 Å². The molecule has 6 heteroatoms. The zero-order valence-electron chi connectivity index (χ0n) is 9.38. The molecule has 17 heavy (non-hydrogen) atoms. The van der Waals surface area contributed by atoms with Crippen molar-refractivity contribution in [2.75, 3.05) is 0 Å². The lowest BCUT2D eigenvalue weighted by Crippen LogP contribution is -2.13. The van der Waals surface area contributed by atoms with Gasteiger partial charge in [0, 0.05) is 31.9 Å². The first-order valence-corrected chi connectivity index (χ1v) is 6.02. The number of carboxylic acid groups (broad SMARTS) is 1. The summed E-state index contributed by atoms with van der Waals surface area (Å²) in [5, 5.41) is 18.0. The summed E-state index contributed by atoms with van der Waals surface area (Å²) in [5.41, 5.74) is 1.91. The fourth-order valence-electron chi connectivity index (χ4n) is 1.57. The number of aromatic carboxylic acids is 1. The van der Waals surface area contributed by atoms with E-state index in [-0.39, 0.29) is 0 Å². The van der Waals surface area contributed by atoms with Crippen LogP contribution in [0.4, 0.5) is 0 Å². The number of hydrogen-bond acceptors (Lipinski definition) is 4. The number of rotatable bonds is 5. The lowest BCUT2D eigenvalue weighted by Gasteiger charge is -2.02. The van der Waals surface area contributed by atoms with E-state index in [1.165, 1.54) is 11.3 Å². The van der Waals surface area contributed by atoms with Crippen molar-refractivity contribution in [2.45, 2.75) is 13.1 Å². The van der Waals surface area contributed by atoms with Gasteiger partial charge in [0.15, 0.2) is 0 Å². The SMILES string of the molecule is Cn1cc(CNCc2ccsc2C(=O)O)cn1. The van der Waals surface area contributed by atoms with E-state index in [1.807, 2.05) is 19.3 Å². The molecule has 2 aromatic rings. The highest BCUT2D eigenvalue weighted by Gasteiger charge is 2.10. The minimum Gasteiger partial charge on any atom is -0.477 e. The van der Waals surface area contributed by atoms with Crippen LogP contribution in [0.15, 0.2) is 23.8 Å². The van der Waals surface area contributed by atoms with Crippen LogP contribution in [0.2, 0.25) is 0 Å². The highest BCUT2D eigenvalue weighted by atomic mass is 32.1. The Labute approximate surface area is 103 Å². The van der Waals surface area contributed by atoms with Crippen LogP contribution in [0.1, 0.15) is 20.8 Å². The van der Waals surface area contributed by atoms with E-state index in [4.69, 9.17) is 5.11 Å². The molecule has 0 saturated heterocycles. The van der Waals surface area contributed by atoms with Crippen LogP contribution in [-0.4, -0.2) is 20.9 Å². The zero-order chi connectivity index (χ0) is 12.3. The molecule has 0 aliphatic rings. The van der Waals surface area contributed by atoms with Crippen molar-refractivity contribution in [1.29, 1.82) is 0 Å². The Kier molecular flexibility index (Phi) is 3.55. The van der Waals surface area contributed by atoms with Crippen molar-refractivity contribution in [1.82, 2.24) is 15.1 Å². The summed E-state index contributed by atoms with van der Waals surface area (Å²) in [5.74, 6) is -0.863. The molecule has 0 saturated carbocycles. The first kappa shape index (κ1) is 11.8. The monoisotopic (exact) mass is 251 g/mol. The van der Waals surface area contributed by atoms with Gasteiger partial charge in [-0.3, -0.25) is 4.68 Å². The van der Waals surface area contributed by atoms with Crippen LogP contribution in [0, 0.1) is 0 Å². The topological polar surface area (TPSA) is 67.2 Å². The molecule has 0 fully saturated rings. The quantitative estimate of drug-likeness (QED) is 0.844. The molecule has 0 aliphatic heterocycles. The molecule has 0 atom stereocenters. The van der Waals surface area contributed by atoms with E-state index >= 15 is 0 Å². The van der Waals surface area contributed by atoms with Gasteiger partial charge in [-0.05, 0) is 17.0 Å². The van der Waals surface area contributed by atoms with Crippen LogP contribution in [0.25, 0.3) is 0 Å². The summed E-state index contributed by atoms with van der Waals surface area (Å²) >= 11 is 1.25. The molecule has 0 bridgehead atoms. The molecule has 0 unspecified atom stereocenters. The van der Waals surface area contributed by atoms with Crippen molar-refractivity contribution in [3.63, 3.8) is 0 Å². The Morgan fingerprint density at radius 1 is 1.59 bits per heavy atom. The number of carbonyl (C=O) groups is 1. The van der Waals surface area contributed by atoms with Gasteiger partial charge in [0.05, 0.1) is 6.20 Å². The molecule has 0 radical (unpaired) electrons. The third-order valence-electron chi connectivity index (χ3n) is 2.34. The Morgan fingerprint density at radius 2 is 2.41 bits per heavy atom. The molecule has 0 amide bonds. The molecule has 2 aromatic heterocycles. The number of thiophene rings is 1. The van der Waals surface area contributed by atoms with Crippen molar-refractivity contribution in [3.05, 3.63) is 39.8 Å². The normalized spacial score (nSPS) is 10.6. The average molecular weight is 251 g/mol. The van der Waals surface area contributed by atoms with Gasteiger partial charge in [-0.25, -0.2) is 4.79 Å². The van der Waals surface area contributed by atoms with E-state index in [9.17, 15) is 4.79 Å². The lowest BCUT2D eigenvalue weighted by molar-refractivity contribution is 0.0701. The third-order valence-corrected chi connectivity index (χ3v) is 3.29. The molecule has 0 aliphatic carbocycles. The zero-order valence-corrected chi connectivity index (χ0v) is 10.2. The van der Waals surface area contributed by atoms with Crippen LogP contribution in [-0.2, 0) is 20.1 Å². The predicted molar refractivity (Wildman–Crippen MR) is 65.0 cm³/mol. The summed E-state index contributed by atoms with van der Waals surface area (Å²) < 4.78 is 1.74. The van der Waals surface area contributed by atoms with Crippen molar-refractivity contribution < 1.29 is 9.90 Å². The summed E-state index contributed by atoms with van der Waals surface area (Å²) in [6.07, 6.45) is 3.72. The highest BCUT2D eigenvalue weighted by Crippen LogP contribution is 2.16. The van der Waals surface area contributed by atoms with E-state index in [1.54, 1.807) is 16.3 Å². The second-order valence-corrected chi connectivity index (χ2v) is 4.62. The maximum atomic E-state index is 10.9. The highest BCUT2D eigenvalue weighted by molar-refractivity contribution is 7.12. The number of aryl methyl sites for hydroxylation is 1. The van der Waals surface area contributed by atoms with Gasteiger partial charge in [-0.2, -0.15) is 5.10 Å². The number of nitrogens with zero attached hydrogens (tertiary/aromatic N) is 2. The molecule has 2 rings (SSSR count). The second-order valence-electron chi connectivity index (χ2n) is 3.71. The summed E-state index contributed by atoms with van der Waals surface area (Å²) in [4.78, 5) is 11.3. The fourth-order valence-corrected chi connectivity index (χ4v) is 2.33. The van der Waals surface area contributed by atoms with E-state index < -0.39 is 5.97 Å². The largest absolute Gasteiger partial charge is 0.477 e. The molecule has 0 spiro atoms. The molecule has 0 aromatic carbocycles. The van der Waals surface area contributed by atoms with Gasteiger partial charge in [0.2, 0.25) is 0 Å². The van der Waals surface area contributed by atoms with Crippen LogP contribution in [0.3, 0.4) is 0 Å². The summed E-state index contributed by atoms with van der Waals surface area (Å²) in [6, 6.07) is 1.84. The number of aromatic nitrogens is 2. The third kappa shape index (κ3) is 2.92. The van der Waals surface area contributed by atoms with Gasteiger partial charge in [-0.1, -0.05) is 0 Å². The van der Waals surface area contributed by atoms with Gasteiger partial charge < -0.3 is 10.4 Å². The molecule has 2 heterocycles. The van der Waals surface area contributed by atoms with Gasteiger partial charge in [-0.15, -0.1) is 11.3 Å². The standard InChI is InChI=1S/C11H13N3O2S/c1-14-7-8(5-13-14)4-12-6-9-2-3-17-10(9)11(15)16/h2-3,5,7,12H,4,6H2,1H3,(H,15,16). The maximum absolute atomic E-state index is 10.9. The summed E-state index contributed by atoms with van der Waals surface area (Å²) in [6.45, 7) is 1.24. The Balaban J connectivity index is 1.90. The van der Waals surface area contributed by atoms with E-state index in [0.717, 1.165) is 11.1 Å². The molecule has 2 N–H and O–H groups in total. The van der Waals surface area contributed by atoms with Crippen molar-refractivity contribution in [2.24, 2.45) is 7.05 Å². The molecular weight excluding hydrogens is 238 g/mol. The number of nitrogens with one attached hydrogen (secondary N) is 1. The number of carboxylic acids is 1. The first-order valence-electron chi connectivity index (χ1n) is 5.14. The smallest absolute Gasteiger partial charge is 0.346 e. The Morgan fingerprint density at radius 3 is 3.06 bits per heavy atom. The van der Waals surface area contributed by atoms with Crippen molar-refractivity contribution in [3.8, 4) is 0 Å². The fraction of sp³-hybridized carbons (Fsp3) is 0.273. The van der Waals surface area contributed by atoms with E-state index in [0.29, 0.717) is 18.0 Å². The number of hydrogen-bond donors (Lipinski definition) is 2. The molecular formula is C11H13N3O2S. The summed E-state index contributed by atoms with van der Waals surface area (Å²) in [7, 11) is 1.87. The van der Waals surface area contributed by atoms with Gasteiger partial charge in [0.25, 0.3) is 0 Å². The molecule has 5 nitrogen and oxygen atoms in total. The van der Waals surface area contributed by atoms with Gasteiger partial charge >= 0.3 is 5.97 Å². The minimum absolute atomic E-state index is 0.406. The Hall–Kier alpha value is -1.66. The average Bonchev–Trinajstić information content (AvgIpc) is 2.87. The molecule has 90 valence electrons. The predicted octanol–water partition coefficient (Wildman–Crippen LogP) is 1.47. The van der Waals surface area contributed by atoms with Gasteiger partial charge in [0.1, 0.15) is 4.88 Å². The van der Waals surface area contributed by atoms with E-state index in [2.05, 4.69) is 10.4 Å². The lowest BCUT2D eigenvalue weighted by atomic mass is 10.2. The van der Waals surface area contributed by atoms with Crippen LogP contribution in [0.5, 0.6) is 0 Å². The van der Waals surface area contributed by atoms with Crippen molar-refractivity contribution >= 4 is 17.3 Å². The minimum atomic E-state index is -0.863. The first-order chi connectivity index (χ1) is 8.16.